The Morgan fingerprint density at radius 1 is 1.39 bits per heavy atom. The number of carboxylic acids is 2. The van der Waals surface area contributed by atoms with Crippen molar-refractivity contribution in [3.05, 3.63) is 35.4 Å². The van der Waals surface area contributed by atoms with Crippen LogP contribution in [0.3, 0.4) is 0 Å². The molecule has 1 unspecified atom stereocenters. The number of H-pyrrole nitrogens is 1. The fourth-order valence-electron chi connectivity index (χ4n) is 3.35. The standard InChI is InChI=1S/C19H18N6O8S3/c1-32-24-11(9-3-2-4-33-9)14(28)20-12-15(29)25-13(17(30)31)8(5-34-16(12)25)6-35-18-21-19(23-22-18)36-7-10(26)27/h2-4,12,16H,5-7H2,1H3,(H,20,28)(H,26,27)(H,30,31)(H,21,22,23)/t12?,16-/m0/s1. The van der Waals surface area contributed by atoms with Crippen LogP contribution in [0.1, 0.15) is 5.76 Å². The van der Waals surface area contributed by atoms with Gasteiger partial charge in [-0.05, 0) is 17.7 Å². The predicted molar refractivity (Wildman–Crippen MR) is 127 cm³/mol. The number of rotatable bonds is 11. The van der Waals surface area contributed by atoms with Gasteiger partial charge >= 0.3 is 11.9 Å². The highest BCUT2D eigenvalue weighted by Gasteiger charge is 2.54. The number of fused-ring (bicyclic) bond motifs is 1. The van der Waals surface area contributed by atoms with Gasteiger partial charge in [-0.15, -0.1) is 16.9 Å². The van der Waals surface area contributed by atoms with E-state index in [1.807, 2.05) is 0 Å². The monoisotopic (exact) mass is 554 g/mol. The van der Waals surface area contributed by atoms with Gasteiger partial charge in [0, 0.05) is 11.5 Å². The lowest BCUT2D eigenvalue weighted by atomic mass is 10.0. The maximum Gasteiger partial charge on any atom is 0.352 e. The molecule has 2 amide bonds. The molecule has 2 aliphatic heterocycles. The lowest BCUT2D eigenvalue weighted by Crippen LogP contribution is -2.71. The van der Waals surface area contributed by atoms with E-state index in [4.69, 9.17) is 14.4 Å². The summed E-state index contributed by atoms with van der Waals surface area (Å²) in [6.07, 6.45) is 1.36. The zero-order chi connectivity index (χ0) is 25.8. The van der Waals surface area contributed by atoms with Crippen LogP contribution in [0.5, 0.6) is 0 Å². The van der Waals surface area contributed by atoms with Crippen LogP contribution in [0.2, 0.25) is 0 Å². The van der Waals surface area contributed by atoms with E-state index < -0.39 is 35.2 Å². The van der Waals surface area contributed by atoms with Gasteiger partial charge in [-0.25, -0.2) is 4.79 Å². The number of hydrogen-bond donors (Lipinski definition) is 4. The first-order valence-corrected chi connectivity index (χ1v) is 13.1. The highest BCUT2D eigenvalue weighted by atomic mass is 32.2. The highest BCUT2D eigenvalue weighted by Crippen LogP contribution is 2.41. The highest BCUT2D eigenvalue weighted by molar-refractivity contribution is 8.01. The molecule has 2 aromatic rings. The van der Waals surface area contributed by atoms with E-state index >= 15 is 0 Å². The number of aromatic nitrogens is 3. The molecule has 1 saturated heterocycles. The van der Waals surface area contributed by atoms with Crippen LogP contribution in [0.4, 0.5) is 0 Å². The minimum atomic E-state index is -1.26. The third-order valence-electron chi connectivity index (χ3n) is 4.84. The summed E-state index contributed by atoms with van der Waals surface area (Å²) >= 11 is 3.44. The number of furan rings is 1. The maximum atomic E-state index is 12.9. The molecule has 190 valence electrons. The molecule has 0 aliphatic carbocycles. The Labute approximate surface area is 215 Å². The average molecular weight is 555 g/mol. The number of oxime groups is 1. The number of carboxylic acid groups (broad SMARTS) is 2. The van der Waals surface area contributed by atoms with Crippen molar-refractivity contribution in [3.63, 3.8) is 0 Å². The van der Waals surface area contributed by atoms with Crippen molar-refractivity contribution >= 4 is 64.8 Å². The van der Waals surface area contributed by atoms with E-state index in [2.05, 4.69) is 25.7 Å². The third-order valence-corrected chi connectivity index (χ3v) is 7.96. The van der Waals surface area contributed by atoms with Gasteiger partial charge in [-0.3, -0.25) is 24.4 Å². The Morgan fingerprint density at radius 3 is 2.86 bits per heavy atom. The van der Waals surface area contributed by atoms with Gasteiger partial charge in [0.25, 0.3) is 11.8 Å². The van der Waals surface area contributed by atoms with E-state index in [0.29, 0.717) is 21.6 Å². The number of carbonyl (C=O) groups is 4. The molecule has 4 rings (SSSR count). The minimum Gasteiger partial charge on any atom is -0.481 e. The van der Waals surface area contributed by atoms with Crippen molar-refractivity contribution in [1.29, 1.82) is 0 Å². The molecule has 2 aromatic heterocycles. The van der Waals surface area contributed by atoms with Gasteiger partial charge in [-0.1, -0.05) is 28.7 Å². The van der Waals surface area contributed by atoms with Gasteiger partial charge < -0.3 is 24.8 Å². The fourth-order valence-corrected chi connectivity index (χ4v) is 6.21. The lowest BCUT2D eigenvalue weighted by molar-refractivity contribution is -0.150. The van der Waals surface area contributed by atoms with Gasteiger partial charge in [-0.2, -0.15) is 4.98 Å². The summed E-state index contributed by atoms with van der Waals surface area (Å²) in [6, 6.07) is 2.13. The van der Waals surface area contributed by atoms with Crippen LogP contribution in [-0.4, -0.2) is 95.5 Å². The topological polar surface area (TPSA) is 200 Å². The van der Waals surface area contributed by atoms with Crippen molar-refractivity contribution in [1.82, 2.24) is 25.4 Å². The Kier molecular flexibility index (Phi) is 7.90. The zero-order valence-corrected chi connectivity index (χ0v) is 20.8. The van der Waals surface area contributed by atoms with Crippen LogP contribution in [0, 0.1) is 0 Å². The number of nitrogens with one attached hydrogen (secondary N) is 2. The van der Waals surface area contributed by atoms with Gasteiger partial charge in [0.05, 0.1) is 12.0 Å². The third kappa shape index (κ3) is 5.36. The number of aliphatic carboxylic acids is 2. The molecule has 36 heavy (non-hydrogen) atoms. The number of nitrogens with zero attached hydrogens (tertiary/aromatic N) is 4. The van der Waals surface area contributed by atoms with Crippen molar-refractivity contribution in [3.8, 4) is 0 Å². The average Bonchev–Trinajstić information content (AvgIpc) is 3.54. The summed E-state index contributed by atoms with van der Waals surface area (Å²) in [5.41, 5.74) is 0.191. The fraction of sp³-hybridized carbons (Fsp3) is 0.316. The summed E-state index contributed by atoms with van der Waals surface area (Å²) < 4.78 is 5.19. The Morgan fingerprint density at radius 2 is 2.19 bits per heavy atom. The summed E-state index contributed by atoms with van der Waals surface area (Å²) in [4.78, 5) is 58.4. The molecule has 2 aliphatic rings. The first-order chi connectivity index (χ1) is 17.3. The van der Waals surface area contributed by atoms with Crippen LogP contribution in [-0.2, 0) is 24.0 Å². The molecule has 4 N–H and O–H groups in total. The quantitative estimate of drug-likeness (QED) is 0.129. The Hall–Kier alpha value is -3.44. The molecule has 1 fully saturated rings. The van der Waals surface area contributed by atoms with Crippen molar-refractivity contribution in [2.45, 2.75) is 21.7 Å². The molecule has 17 heteroatoms. The van der Waals surface area contributed by atoms with E-state index in [1.165, 1.54) is 31.2 Å². The van der Waals surface area contributed by atoms with Gasteiger partial charge in [0.15, 0.2) is 10.9 Å². The first kappa shape index (κ1) is 25.6. The summed E-state index contributed by atoms with van der Waals surface area (Å²) in [6.45, 7) is 0. The molecule has 0 aromatic carbocycles. The van der Waals surface area contributed by atoms with Gasteiger partial charge in [0.1, 0.15) is 24.2 Å². The number of β-lactam (4-membered cyclic amide) rings is 1. The van der Waals surface area contributed by atoms with E-state index in [1.54, 1.807) is 6.07 Å². The summed E-state index contributed by atoms with van der Waals surface area (Å²) in [7, 11) is 1.27. The second-order valence-electron chi connectivity index (χ2n) is 7.11. The van der Waals surface area contributed by atoms with Crippen molar-refractivity contribution in [2.75, 3.05) is 24.4 Å². The molecular formula is C19H18N6O8S3. The van der Waals surface area contributed by atoms with Crippen LogP contribution in [0.25, 0.3) is 0 Å². The largest absolute Gasteiger partial charge is 0.481 e. The predicted octanol–water partition coefficient (Wildman–Crippen LogP) is 0.456. The van der Waals surface area contributed by atoms with E-state index in [-0.39, 0.29) is 28.7 Å². The van der Waals surface area contributed by atoms with Crippen LogP contribution >= 0.6 is 35.3 Å². The smallest absolute Gasteiger partial charge is 0.352 e. The molecule has 0 spiro atoms. The Balaban J connectivity index is 1.43. The van der Waals surface area contributed by atoms with E-state index in [9.17, 15) is 24.3 Å². The zero-order valence-electron chi connectivity index (χ0n) is 18.4. The minimum absolute atomic E-state index is 0.144. The molecule has 0 saturated carbocycles. The molecule has 0 radical (unpaired) electrons. The normalized spacial score (nSPS) is 19.5. The number of aromatic amines is 1. The molecular weight excluding hydrogens is 536 g/mol. The molecule has 14 nitrogen and oxygen atoms in total. The number of amides is 2. The second-order valence-corrected chi connectivity index (χ2v) is 10.1. The number of carbonyl (C=O) groups excluding carboxylic acids is 2. The van der Waals surface area contributed by atoms with Crippen LogP contribution in [0.15, 0.2) is 49.6 Å². The number of thioether (sulfide) groups is 3. The lowest BCUT2D eigenvalue weighted by Gasteiger charge is -2.49. The van der Waals surface area contributed by atoms with Crippen molar-refractivity contribution in [2.24, 2.45) is 5.16 Å². The summed E-state index contributed by atoms with van der Waals surface area (Å²) in [5, 5.41) is 31.5. The molecule has 2 atom stereocenters. The molecule has 4 heterocycles. The van der Waals surface area contributed by atoms with Crippen LogP contribution < -0.4 is 5.32 Å². The van der Waals surface area contributed by atoms with E-state index in [0.717, 1.165) is 28.4 Å². The van der Waals surface area contributed by atoms with Gasteiger partial charge in [0.2, 0.25) is 10.9 Å². The Bertz CT molecular complexity index is 1240. The first-order valence-electron chi connectivity index (χ1n) is 10.1. The number of hydrogen-bond acceptors (Lipinski definition) is 12. The summed E-state index contributed by atoms with van der Waals surface area (Å²) in [5.74, 6) is -3.05. The molecule has 0 bridgehead atoms. The SMILES string of the molecule is CON=C(C(=O)NC1C(=O)N2C(C(=O)O)=C(CSc3n[nH]c(SCC(=O)O)n3)CS[C@@H]12)c1ccco1. The second kappa shape index (κ2) is 11.1. The van der Waals surface area contributed by atoms with Crippen molar-refractivity contribution < 1.29 is 38.6 Å². The maximum absolute atomic E-state index is 12.9.